The molecule has 4 rings (SSSR count). The van der Waals surface area contributed by atoms with Gasteiger partial charge in [0.25, 0.3) is 0 Å². The standard InChI is InChI=1S/C22H25NOS/c1-14(2)18-12-15(3)13-20-21(18)22(19-6-4-5-11-23(19)20)25-17-9-7-16(24)8-10-17/h7-10,12-14,24H,4-6,11H2,1-3H3. The van der Waals surface area contributed by atoms with Gasteiger partial charge in [-0.3, -0.25) is 0 Å². The van der Waals surface area contributed by atoms with Crippen LogP contribution in [0.15, 0.2) is 46.2 Å². The average Bonchev–Trinajstić information content (AvgIpc) is 2.90. The van der Waals surface area contributed by atoms with Crippen molar-refractivity contribution in [2.75, 3.05) is 0 Å². The molecule has 0 fully saturated rings. The maximum absolute atomic E-state index is 9.58. The molecule has 1 aromatic heterocycles. The molecule has 0 saturated carbocycles. The van der Waals surface area contributed by atoms with Crippen molar-refractivity contribution >= 4 is 22.7 Å². The zero-order chi connectivity index (χ0) is 17.6. The fraction of sp³-hybridized carbons (Fsp3) is 0.364. The molecule has 0 amide bonds. The van der Waals surface area contributed by atoms with Crippen LogP contribution >= 0.6 is 11.8 Å². The SMILES string of the molecule is Cc1cc(C(C)C)c2c(Sc3ccc(O)cc3)c3n(c2c1)CCCC3. The van der Waals surface area contributed by atoms with Gasteiger partial charge in [-0.15, -0.1) is 0 Å². The number of phenolic OH excluding ortho intramolecular Hbond substituents is 1. The van der Waals surface area contributed by atoms with E-state index in [0.29, 0.717) is 11.7 Å². The van der Waals surface area contributed by atoms with Crippen molar-refractivity contribution in [1.29, 1.82) is 0 Å². The highest BCUT2D eigenvalue weighted by Crippen LogP contribution is 2.44. The number of nitrogens with zero attached hydrogens (tertiary/aromatic N) is 1. The highest BCUT2D eigenvalue weighted by atomic mass is 32.2. The Morgan fingerprint density at radius 2 is 1.84 bits per heavy atom. The summed E-state index contributed by atoms with van der Waals surface area (Å²) >= 11 is 1.85. The third-order valence-electron chi connectivity index (χ3n) is 5.12. The second kappa shape index (κ2) is 6.45. The molecule has 3 aromatic rings. The molecule has 1 N–H and O–H groups in total. The summed E-state index contributed by atoms with van der Waals surface area (Å²) in [6.07, 6.45) is 3.70. The van der Waals surface area contributed by atoms with Crippen molar-refractivity contribution in [3.05, 3.63) is 53.2 Å². The van der Waals surface area contributed by atoms with Crippen molar-refractivity contribution in [2.45, 2.75) is 62.3 Å². The van der Waals surface area contributed by atoms with E-state index in [2.05, 4.69) is 37.5 Å². The van der Waals surface area contributed by atoms with Crippen LogP contribution in [0, 0.1) is 6.92 Å². The molecule has 2 nitrogen and oxygen atoms in total. The number of rotatable bonds is 3. The molecular weight excluding hydrogens is 326 g/mol. The second-order valence-electron chi connectivity index (χ2n) is 7.38. The maximum atomic E-state index is 9.58. The van der Waals surface area contributed by atoms with Gasteiger partial charge in [0, 0.05) is 32.9 Å². The van der Waals surface area contributed by atoms with E-state index < -0.39 is 0 Å². The molecule has 0 spiro atoms. The van der Waals surface area contributed by atoms with Gasteiger partial charge in [0.1, 0.15) is 5.75 Å². The van der Waals surface area contributed by atoms with Crippen molar-refractivity contribution in [2.24, 2.45) is 0 Å². The molecule has 25 heavy (non-hydrogen) atoms. The number of hydrogen-bond donors (Lipinski definition) is 1. The van der Waals surface area contributed by atoms with Crippen LogP contribution in [-0.2, 0) is 13.0 Å². The Bertz CT molecular complexity index is 922. The van der Waals surface area contributed by atoms with Crippen LogP contribution in [0.5, 0.6) is 5.75 Å². The van der Waals surface area contributed by atoms with Crippen molar-refractivity contribution in [1.82, 2.24) is 4.57 Å². The van der Waals surface area contributed by atoms with E-state index in [4.69, 9.17) is 0 Å². The molecule has 0 saturated heterocycles. The van der Waals surface area contributed by atoms with Gasteiger partial charge in [-0.25, -0.2) is 0 Å². The summed E-state index contributed by atoms with van der Waals surface area (Å²) in [7, 11) is 0. The molecule has 0 unspecified atom stereocenters. The number of benzene rings is 2. The largest absolute Gasteiger partial charge is 0.508 e. The maximum Gasteiger partial charge on any atom is 0.115 e. The van der Waals surface area contributed by atoms with Gasteiger partial charge in [0.15, 0.2) is 0 Å². The topological polar surface area (TPSA) is 25.2 Å². The van der Waals surface area contributed by atoms with Crippen LogP contribution < -0.4 is 0 Å². The van der Waals surface area contributed by atoms with Gasteiger partial charge in [0.2, 0.25) is 0 Å². The lowest BCUT2D eigenvalue weighted by Crippen LogP contribution is -2.09. The average molecular weight is 352 g/mol. The molecule has 3 heteroatoms. The highest BCUT2D eigenvalue weighted by Gasteiger charge is 2.23. The van der Waals surface area contributed by atoms with Gasteiger partial charge in [-0.2, -0.15) is 0 Å². The molecule has 1 aliphatic heterocycles. The fourth-order valence-corrected chi connectivity index (χ4v) is 5.09. The lowest BCUT2D eigenvalue weighted by molar-refractivity contribution is 0.475. The predicted octanol–water partition coefficient (Wildman–Crippen LogP) is 6.27. The Hall–Kier alpha value is -1.87. The van der Waals surface area contributed by atoms with E-state index in [1.807, 2.05) is 23.9 Å². The van der Waals surface area contributed by atoms with E-state index in [-0.39, 0.29) is 0 Å². The normalized spacial score (nSPS) is 14.2. The van der Waals surface area contributed by atoms with Crippen LogP contribution in [0.2, 0.25) is 0 Å². The lowest BCUT2D eigenvalue weighted by atomic mass is 9.97. The van der Waals surface area contributed by atoms with Gasteiger partial charge in [0.05, 0.1) is 0 Å². The Kier molecular flexibility index (Phi) is 4.28. The van der Waals surface area contributed by atoms with Gasteiger partial charge < -0.3 is 9.67 Å². The van der Waals surface area contributed by atoms with Crippen LogP contribution in [0.1, 0.15) is 49.4 Å². The zero-order valence-electron chi connectivity index (χ0n) is 15.2. The molecule has 0 bridgehead atoms. The van der Waals surface area contributed by atoms with Crippen molar-refractivity contribution < 1.29 is 5.11 Å². The minimum absolute atomic E-state index is 0.326. The summed E-state index contributed by atoms with van der Waals surface area (Å²) in [5, 5.41) is 11.0. The monoisotopic (exact) mass is 351 g/mol. The Morgan fingerprint density at radius 3 is 2.56 bits per heavy atom. The quantitative estimate of drug-likeness (QED) is 0.602. The van der Waals surface area contributed by atoms with Crippen molar-refractivity contribution in [3.63, 3.8) is 0 Å². The summed E-state index contributed by atoms with van der Waals surface area (Å²) < 4.78 is 2.56. The number of phenols is 1. The molecule has 2 heterocycles. The minimum atomic E-state index is 0.326. The van der Waals surface area contributed by atoms with Crippen LogP contribution in [0.3, 0.4) is 0 Å². The Balaban J connectivity index is 1.96. The fourth-order valence-electron chi connectivity index (χ4n) is 3.93. The first-order valence-corrected chi connectivity index (χ1v) is 9.98. The van der Waals surface area contributed by atoms with E-state index in [1.165, 1.54) is 50.4 Å². The zero-order valence-corrected chi connectivity index (χ0v) is 16.0. The third kappa shape index (κ3) is 2.95. The van der Waals surface area contributed by atoms with Crippen LogP contribution in [-0.4, -0.2) is 9.67 Å². The summed E-state index contributed by atoms with van der Waals surface area (Å²) in [6.45, 7) is 7.92. The number of aryl methyl sites for hydroxylation is 2. The summed E-state index contributed by atoms with van der Waals surface area (Å²) in [4.78, 5) is 2.61. The van der Waals surface area contributed by atoms with Gasteiger partial charge >= 0.3 is 0 Å². The summed E-state index contributed by atoms with van der Waals surface area (Å²) in [5.74, 6) is 0.831. The Morgan fingerprint density at radius 1 is 1.08 bits per heavy atom. The third-order valence-corrected chi connectivity index (χ3v) is 6.27. The van der Waals surface area contributed by atoms with Crippen LogP contribution in [0.4, 0.5) is 0 Å². The second-order valence-corrected chi connectivity index (χ2v) is 8.47. The first-order chi connectivity index (χ1) is 12.0. The molecule has 0 atom stereocenters. The van der Waals surface area contributed by atoms with E-state index in [9.17, 15) is 5.11 Å². The van der Waals surface area contributed by atoms with E-state index in [1.54, 1.807) is 12.1 Å². The number of hydrogen-bond acceptors (Lipinski definition) is 2. The minimum Gasteiger partial charge on any atom is -0.508 e. The van der Waals surface area contributed by atoms with Gasteiger partial charge in [-0.05, 0) is 73.6 Å². The number of fused-ring (bicyclic) bond motifs is 3. The first kappa shape index (κ1) is 16.6. The molecule has 0 radical (unpaired) electrons. The Labute approximate surface area is 153 Å². The van der Waals surface area contributed by atoms with Crippen LogP contribution in [0.25, 0.3) is 10.9 Å². The molecule has 2 aromatic carbocycles. The molecule has 1 aliphatic rings. The smallest absolute Gasteiger partial charge is 0.115 e. The summed E-state index contributed by atoms with van der Waals surface area (Å²) in [5.41, 5.74) is 5.70. The lowest BCUT2D eigenvalue weighted by Gasteiger charge is -2.17. The molecular formula is C22H25NOS. The predicted molar refractivity (Wildman–Crippen MR) is 106 cm³/mol. The molecule has 130 valence electrons. The number of aromatic hydroxyl groups is 1. The van der Waals surface area contributed by atoms with Crippen molar-refractivity contribution in [3.8, 4) is 5.75 Å². The molecule has 0 aliphatic carbocycles. The van der Waals surface area contributed by atoms with E-state index in [0.717, 1.165) is 13.0 Å². The first-order valence-electron chi connectivity index (χ1n) is 9.17. The highest BCUT2D eigenvalue weighted by molar-refractivity contribution is 7.99. The number of aromatic nitrogens is 1. The summed E-state index contributed by atoms with van der Waals surface area (Å²) in [6, 6.07) is 12.3. The van der Waals surface area contributed by atoms with Gasteiger partial charge in [-0.1, -0.05) is 31.7 Å². The van der Waals surface area contributed by atoms with E-state index >= 15 is 0 Å².